The van der Waals surface area contributed by atoms with Crippen molar-refractivity contribution in [3.8, 4) is 0 Å². The van der Waals surface area contributed by atoms with E-state index in [0.29, 0.717) is 22.6 Å². The Morgan fingerprint density at radius 2 is 2.10 bits per heavy atom. The molecule has 0 unspecified atom stereocenters. The highest BCUT2D eigenvalue weighted by Crippen LogP contribution is 2.19. The van der Waals surface area contributed by atoms with Gasteiger partial charge < -0.3 is 9.63 Å². The average molecular weight is 296 g/mol. The van der Waals surface area contributed by atoms with Crippen LogP contribution in [0.3, 0.4) is 0 Å². The van der Waals surface area contributed by atoms with Crippen LogP contribution in [0.4, 0.5) is 0 Å². The number of nitrogens with zero attached hydrogens (tertiary/aromatic N) is 1. The van der Waals surface area contributed by atoms with Crippen LogP contribution in [0.15, 0.2) is 33.7 Å². The topological polar surface area (TPSA) is 92.4 Å². The van der Waals surface area contributed by atoms with Crippen LogP contribution in [0.1, 0.15) is 22.6 Å². The highest BCUT2D eigenvalue weighted by atomic mass is 32.2. The summed E-state index contributed by atoms with van der Waals surface area (Å²) in [6, 6.07) is 6.47. The van der Waals surface area contributed by atoms with Crippen LogP contribution in [0.25, 0.3) is 0 Å². The molecule has 7 heteroatoms. The quantitative estimate of drug-likeness (QED) is 0.866. The summed E-state index contributed by atoms with van der Waals surface area (Å²) >= 11 is 0. The van der Waals surface area contributed by atoms with Gasteiger partial charge in [0.25, 0.3) is 0 Å². The first-order valence-electron chi connectivity index (χ1n) is 6.05. The third-order valence-electron chi connectivity index (χ3n) is 2.98. The van der Waals surface area contributed by atoms with Gasteiger partial charge in [0.05, 0.1) is 23.7 Å². The maximum atomic E-state index is 12.3. The molecule has 2 N–H and O–H groups in total. The van der Waals surface area contributed by atoms with Crippen molar-refractivity contribution in [2.24, 2.45) is 0 Å². The molecule has 0 fully saturated rings. The van der Waals surface area contributed by atoms with Crippen molar-refractivity contribution in [3.63, 3.8) is 0 Å². The predicted octanol–water partition coefficient (Wildman–Crippen LogP) is 1.26. The summed E-state index contributed by atoms with van der Waals surface area (Å²) in [7, 11) is -3.66. The van der Waals surface area contributed by atoms with Crippen molar-refractivity contribution in [3.05, 3.63) is 46.8 Å². The molecular formula is C13H16N2O4S. The molecule has 0 amide bonds. The first-order chi connectivity index (χ1) is 9.44. The summed E-state index contributed by atoms with van der Waals surface area (Å²) in [6.45, 7) is 3.26. The highest BCUT2D eigenvalue weighted by molar-refractivity contribution is 7.89. The molecule has 0 atom stereocenters. The lowest BCUT2D eigenvalue weighted by Crippen LogP contribution is -2.24. The molecule has 0 aliphatic rings. The van der Waals surface area contributed by atoms with E-state index in [0.717, 1.165) is 0 Å². The maximum Gasteiger partial charge on any atom is 0.241 e. The fraction of sp³-hybridized carbons (Fsp3) is 0.308. The van der Waals surface area contributed by atoms with Crippen LogP contribution < -0.4 is 4.72 Å². The number of hydrogen-bond donors (Lipinski definition) is 2. The Bertz CT molecular complexity index is 707. The molecule has 0 spiro atoms. The molecule has 2 aromatic rings. The highest BCUT2D eigenvalue weighted by Gasteiger charge is 2.18. The minimum Gasteiger partial charge on any atom is -0.392 e. The Hall–Kier alpha value is -1.70. The van der Waals surface area contributed by atoms with E-state index in [9.17, 15) is 13.5 Å². The van der Waals surface area contributed by atoms with Crippen LogP contribution in [0.5, 0.6) is 0 Å². The van der Waals surface area contributed by atoms with E-state index in [2.05, 4.69) is 9.88 Å². The van der Waals surface area contributed by atoms with E-state index in [4.69, 9.17) is 4.52 Å². The van der Waals surface area contributed by atoms with Crippen LogP contribution in [-0.4, -0.2) is 18.7 Å². The van der Waals surface area contributed by atoms with Gasteiger partial charge in [-0.25, -0.2) is 13.1 Å². The van der Waals surface area contributed by atoms with Crippen LogP contribution in [0.2, 0.25) is 0 Å². The number of hydrogen-bond acceptors (Lipinski definition) is 5. The van der Waals surface area contributed by atoms with E-state index in [1.54, 1.807) is 32.0 Å². The van der Waals surface area contributed by atoms with Crippen LogP contribution >= 0.6 is 0 Å². The second kappa shape index (κ2) is 5.74. The zero-order valence-electron chi connectivity index (χ0n) is 11.3. The summed E-state index contributed by atoms with van der Waals surface area (Å²) in [6.07, 6.45) is 0. The molecule has 1 aromatic heterocycles. The smallest absolute Gasteiger partial charge is 0.241 e. The number of aliphatic hydroxyl groups excluding tert-OH is 1. The molecule has 0 bridgehead atoms. The monoisotopic (exact) mass is 296 g/mol. The zero-order valence-corrected chi connectivity index (χ0v) is 12.1. The number of sulfonamides is 1. The van der Waals surface area contributed by atoms with Crippen molar-refractivity contribution in [1.82, 2.24) is 9.88 Å². The van der Waals surface area contributed by atoms with Crippen molar-refractivity contribution < 1.29 is 18.0 Å². The molecule has 0 saturated heterocycles. The fourth-order valence-corrected chi connectivity index (χ4v) is 3.16. The number of aryl methyl sites for hydroxylation is 1. The maximum absolute atomic E-state index is 12.3. The predicted molar refractivity (Wildman–Crippen MR) is 72.4 cm³/mol. The standard InChI is InChI=1S/C13H16N2O4S/c1-9-6-12(15-19-9)7-14-20(17,18)13-5-3-4-11(8-16)10(13)2/h3-6,14,16H,7-8H2,1-2H3. The number of aliphatic hydroxyl groups is 1. The Balaban J connectivity index is 2.22. The third kappa shape index (κ3) is 3.06. The number of aromatic nitrogens is 1. The van der Waals surface area contributed by atoms with Gasteiger partial charge in [0.2, 0.25) is 10.0 Å². The Morgan fingerprint density at radius 1 is 1.35 bits per heavy atom. The lowest BCUT2D eigenvalue weighted by Gasteiger charge is -2.10. The van der Waals surface area contributed by atoms with E-state index in [1.807, 2.05) is 0 Å². The van der Waals surface area contributed by atoms with E-state index < -0.39 is 10.0 Å². The van der Waals surface area contributed by atoms with Crippen molar-refractivity contribution in [2.75, 3.05) is 0 Å². The van der Waals surface area contributed by atoms with Crippen molar-refractivity contribution >= 4 is 10.0 Å². The molecule has 1 heterocycles. The Kier molecular flexibility index (Phi) is 4.22. The minimum atomic E-state index is -3.66. The second-order valence-corrected chi connectivity index (χ2v) is 6.19. The largest absolute Gasteiger partial charge is 0.392 e. The van der Waals surface area contributed by atoms with Gasteiger partial charge in [-0.1, -0.05) is 17.3 Å². The van der Waals surface area contributed by atoms with Gasteiger partial charge in [-0.15, -0.1) is 0 Å². The zero-order chi connectivity index (χ0) is 14.8. The molecule has 20 heavy (non-hydrogen) atoms. The van der Waals surface area contributed by atoms with Crippen LogP contribution in [-0.2, 0) is 23.2 Å². The fourth-order valence-electron chi connectivity index (χ4n) is 1.87. The number of rotatable bonds is 5. The second-order valence-electron chi connectivity index (χ2n) is 4.45. The molecule has 0 radical (unpaired) electrons. The normalized spacial score (nSPS) is 11.8. The van der Waals surface area contributed by atoms with Gasteiger partial charge in [0.15, 0.2) is 0 Å². The van der Waals surface area contributed by atoms with Gasteiger partial charge in [-0.05, 0) is 31.0 Å². The summed E-state index contributed by atoms with van der Waals surface area (Å²) in [5.74, 6) is 0.623. The lowest BCUT2D eigenvalue weighted by molar-refractivity contribution is 0.280. The minimum absolute atomic E-state index is 0.0580. The van der Waals surface area contributed by atoms with E-state index >= 15 is 0 Å². The van der Waals surface area contributed by atoms with Crippen molar-refractivity contribution in [1.29, 1.82) is 0 Å². The summed E-state index contributed by atoms with van der Waals surface area (Å²) < 4.78 is 31.8. The third-order valence-corrected chi connectivity index (χ3v) is 4.52. The van der Waals surface area contributed by atoms with E-state index in [-0.39, 0.29) is 18.0 Å². The van der Waals surface area contributed by atoms with Crippen molar-refractivity contribution in [2.45, 2.75) is 31.9 Å². The number of nitrogens with one attached hydrogen (secondary N) is 1. The SMILES string of the molecule is Cc1cc(CNS(=O)(=O)c2cccc(CO)c2C)no1. The molecular weight excluding hydrogens is 280 g/mol. The number of benzene rings is 1. The molecule has 0 aliphatic carbocycles. The lowest BCUT2D eigenvalue weighted by atomic mass is 10.1. The molecule has 2 rings (SSSR count). The van der Waals surface area contributed by atoms with Gasteiger partial charge in [0.1, 0.15) is 5.76 Å². The Morgan fingerprint density at radius 3 is 2.70 bits per heavy atom. The van der Waals surface area contributed by atoms with Crippen LogP contribution in [0, 0.1) is 13.8 Å². The van der Waals surface area contributed by atoms with Gasteiger partial charge in [-0.2, -0.15) is 0 Å². The molecule has 108 valence electrons. The summed E-state index contributed by atoms with van der Waals surface area (Å²) in [4.78, 5) is 0.157. The first-order valence-corrected chi connectivity index (χ1v) is 7.53. The average Bonchev–Trinajstić information content (AvgIpc) is 2.82. The summed E-state index contributed by atoms with van der Waals surface area (Å²) in [5, 5.41) is 12.9. The molecule has 6 nitrogen and oxygen atoms in total. The molecule has 0 aliphatic heterocycles. The van der Waals surface area contributed by atoms with Gasteiger partial charge in [0, 0.05) is 6.07 Å². The first kappa shape index (κ1) is 14.7. The summed E-state index contributed by atoms with van der Waals surface area (Å²) in [5.41, 5.74) is 1.64. The molecule has 1 aromatic carbocycles. The van der Waals surface area contributed by atoms with Gasteiger partial charge >= 0.3 is 0 Å². The van der Waals surface area contributed by atoms with E-state index in [1.165, 1.54) is 6.07 Å². The Labute approximate surface area is 117 Å². The van der Waals surface area contributed by atoms with Gasteiger partial charge in [-0.3, -0.25) is 0 Å². The molecule has 0 saturated carbocycles.